The van der Waals surface area contributed by atoms with Crippen LogP contribution in [0, 0.1) is 0 Å². The Bertz CT molecular complexity index is 1090. The zero-order valence-electron chi connectivity index (χ0n) is 17.4. The third-order valence-electron chi connectivity index (χ3n) is 5.61. The number of rotatable bonds is 6. The predicted molar refractivity (Wildman–Crippen MR) is 121 cm³/mol. The summed E-state index contributed by atoms with van der Waals surface area (Å²) >= 11 is 1.33. The molecule has 0 atom stereocenters. The number of benzene rings is 1. The third-order valence-corrected chi connectivity index (χ3v) is 7.73. The zero-order valence-corrected chi connectivity index (χ0v) is 19.0. The van der Waals surface area contributed by atoms with Crippen LogP contribution in [0.1, 0.15) is 45.5 Å². The molecule has 7 nitrogen and oxygen atoms in total. The van der Waals surface area contributed by atoms with Gasteiger partial charge < -0.3 is 4.90 Å². The van der Waals surface area contributed by atoms with E-state index in [9.17, 15) is 18.0 Å². The molecule has 1 fully saturated rings. The Morgan fingerprint density at radius 1 is 1.03 bits per heavy atom. The van der Waals surface area contributed by atoms with Gasteiger partial charge in [0.2, 0.25) is 10.0 Å². The Morgan fingerprint density at radius 3 is 2.45 bits per heavy atom. The molecule has 1 amide bonds. The molecule has 4 rings (SSSR count). The van der Waals surface area contributed by atoms with Crippen LogP contribution < -0.4 is 4.31 Å². The number of amides is 1. The molecule has 1 aromatic carbocycles. The number of Topliss-reactive ketones (excluding diaryl/α,β-unsaturated/α-hetero) is 1. The van der Waals surface area contributed by atoms with E-state index in [2.05, 4.69) is 4.98 Å². The quantitative estimate of drug-likeness (QED) is 0.487. The number of anilines is 1. The second-order valence-electron chi connectivity index (χ2n) is 7.88. The van der Waals surface area contributed by atoms with Gasteiger partial charge in [-0.3, -0.25) is 13.9 Å². The molecule has 0 bridgehead atoms. The molecule has 0 aliphatic carbocycles. The summed E-state index contributed by atoms with van der Waals surface area (Å²) in [6.07, 6.45) is 6.36. The number of fused-ring (bicyclic) bond motifs is 1. The highest BCUT2D eigenvalue weighted by Gasteiger charge is 2.25. The summed E-state index contributed by atoms with van der Waals surface area (Å²) in [5, 5.41) is 0.688. The Labute approximate surface area is 186 Å². The summed E-state index contributed by atoms with van der Waals surface area (Å²) in [5.41, 5.74) is 2.69. The summed E-state index contributed by atoms with van der Waals surface area (Å²) in [6, 6.07) is 8.76. The van der Waals surface area contributed by atoms with E-state index >= 15 is 0 Å². The molecule has 9 heteroatoms. The minimum absolute atomic E-state index is 0.00910. The maximum atomic E-state index is 12.7. The second kappa shape index (κ2) is 9.00. The van der Waals surface area contributed by atoms with Crippen LogP contribution in [0.15, 0.2) is 41.6 Å². The lowest BCUT2D eigenvalue weighted by atomic mass is 9.99. The molecule has 1 saturated heterocycles. The van der Waals surface area contributed by atoms with Gasteiger partial charge in [0.1, 0.15) is 0 Å². The third kappa shape index (κ3) is 4.93. The summed E-state index contributed by atoms with van der Waals surface area (Å²) in [5.74, 6) is 0.194. The Kier molecular flexibility index (Phi) is 6.34. The molecule has 3 heterocycles. The van der Waals surface area contributed by atoms with Gasteiger partial charge in [0, 0.05) is 31.4 Å². The number of likely N-dealkylation sites (tertiary alicyclic amines) is 1. The lowest BCUT2D eigenvalue weighted by Crippen LogP contribution is -2.34. The summed E-state index contributed by atoms with van der Waals surface area (Å²) in [4.78, 5) is 31.3. The maximum Gasteiger partial charge on any atom is 0.255 e. The molecule has 2 aliphatic heterocycles. The first-order valence-corrected chi connectivity index (χ1v) is 13.2. The fraction of sp³-hybridized carbons (Fsp3) is 0.409. The number of carbonyl (C=O) groups excluding carboxylic acids is 2. The van der Waals surface area contributed by atoms with Gasteiger partial charge in [-0.2, -0.15) is 0 Å². The van der Waals surface area contributed by atoms with Crippen LogP contribution in [-0.2, 0) is 16.4 Å². The minimum Gasteiger partial charge on any atom is -0.339 e. The molecular weight excluding hydrogens is 434 g/mol. The van der Waals surface area contributed by atoms with Crippen molar-refractivity contribution in [1.29, 1.82) is 0 Å². The van der Waals surface area contributed by atoms with E-state index < -0.39 is 10.0 Å². The molecule has 164 valence electrons. The SMILES string of the molecule is CS(=O)(=O)N1CCCc2cc(C(=O)CSc3ccc(C(=O)N4CCCC4)cn3)ccc21. The number of nitrogens with zero attached hydrogens (tertiary/aromatic N) is 3. The first-order chi connectivity index (χ1) is 14.8. The number of aromatic nitrogens is 1. The average Bonchev–Trinajstić information content (AvgIpc) is 3.31. The lowest BCUT2D eigenvalue weighted by molar-refractivity contribution is 0.0792. The highest BCUT2D eigenvalue weighted by Crippen LogP contribution is 2.30. The molecule has 1 aromatic heterocycles. The van der Waals surface area contributed by atoms with E-state index in [-0.39, 0.29) is 17.4 Å². The highest BCUT2D eigenvalue weighted by molar-refractivity contribution is 7.99. The predicted octanol–water partition coefficient (Wildman–Crippen LogP) is 3.00. The zero-order chi connectivity index (χ0) is 22.0. The van der Waals surface area contributed by atoms with Crippen LogP contribution in [0.3, 0.4) is 0 Å². The molecule has 0 unspecified atom stereocenters. The monoisotopic (exact) mass is 459 g/mol. The van der Waals surface area contributed by atoms with E-state index in [0.717, 1.165) is 44.3 Å². The molecule has 0 spiro atoms. The smallest absolute Gasteiger partial charge is 0.255 e. The largest absolute Gasteiger partial charge is 0.339 e. The van der Waals surface area contributed by atoms with Crippen LogP contribution in [0.4, 0.5) is 5.69 Å². The van der Waals surface area contributed by atoms with Crippen molar-refractivity contribution in [3.63, 3.8) is 0 Å². The van der Waals surface area contributed by atoms with Gasteiger partial charge in [0.05, 0.1) is 28.3 Å². The fourth-order valence-electron chi connectivity index (χ4n) is 4.00. The van der Waals surface area contributed by atoms with E-state index in [1.54, 1.807) is 36.5 Å². The van der Waals surface area contributed by atoms with Crippen LogP contribution >= 0.6 is 11.8 Å². The van der Waals surface area contributed by atoms with E-state index in [0.29, 0.717) is 28.4 Å². The Hall–Kier alpha value is -2.39. The standard InChI is InChI=1S/C22H25N3O4S2/c1-31(28,29)25-12-4-5-16-13-17(6-8-19(16)25)20(26)15-30-21-9-7-18(14-23-21)22(27)24-10-2-3-11-24/h6-9,13-14H,2-5,10-12,15H2,1H3. The van der Waals surface area contributed by atoms with Gasteiger partial charge in [0.15, 0.2) is 5.78 Å². The van der Waals surface area contributed by atoms with Gasteiger partial charge >= 0.3 is 0 Å². The maximum absolute atomic E-state index is 12.7. The van der Waals surface area contributed by atoms with Gasteiger partial charge in [-0.15, -0.1) is 0 Å². The van der Waals surface area contributed by atoms with Crippen molar-refractivity contribution in [3.05, 3.63) is 53.2 Å². The Morgan fingerprint density at radius 2 is 1.77 bits per heavy atom. The molecule has 0 radical (unpaired) electrons. The fourth-order valence-corrected chi connectivity index (χ4v) is 5.73. The summed E-state index contributed by atoms with van der Waals surface area (Å²) < 4.78 is 25.4. The number of hydrogen-bond donors (Lipinski definition) is 0. The summed E-state index contributed by atoms with van der Waals surface area (Å²) in [7, 11) is -3.32. The normalized spacial score (nSPS) is 16.3. The van der Waals surface area contributed by atoms with Gasteiger partial charge in [-0.25, -0.2) is 13.4 Å². The van der Waals surface area contributed by atoms with Crippen LogP contribution in [0.25, 0.3) is 0 Å². The number of pyridine rings is 1. The number of aryl methyl sites for hydroxylation is 1. The molecule has 0 N–H and O–H groups in total. The average molecular weight is 460 g/mol. The first-order valence-electron chi connectivity index (χ1n) is 10.3. The van der Waals surface area contributed by atoms with Gasteiger partial charge in [-0.05, 0) is 61.6 Å². The van der Waals surface area contributed by atoms with E-state index in [1.807, 2.05) is 4.90 Å². The van der Waals surface area contributed by atoms with Crippen molar-refractivity contribution in [2.45, 2.75) is 30.7 Å². The summed E-state index contributed by atoms with van der Waals surface area (Å²) in [6.45, 7) is 2.07. The molecule has 2 aliphatic rings. The highest BCUT2D eigenvalue weighted by atomic mass is 32.2. The van der Waals surface area contributed by atoms with Crippen molar-refractivity contribution in [2.75, 3.05) is 35.9 Å². The van der Waals surface area contributed by atoms with Crippen molar-refractivity contribution < 1.29 is 18.0 Å². The van der Waals surface area contributed by atoms with Crippen LogP contribution in [-0.4, -0.2) is 61.6 Å². The molecular formula is C22H25N3O4S2. The Balaban J connectivity index is 1.39. The second-order valence-corrected chi connectivity index (χ2v) is 10.8. The minimum atomic E-state index is -3.32. The number of carbonyl (C=O) groups is 2. The molecule has 2 aromatic rings. The van der Waals surface area contributed by atoms with Crippen molar-refractivity contribution in [3.8, 4) is 0 Å². The molecule has 0 saturated carbocycles. The van der Waals surface area contributed by atoms with Crippen molar-refractivity contribution >= 4 is 39.2 Å². The number of hydrogen-bond acceptors (Lipinski definition) is 6. The van der Waals surface area contributed by atoms with Gasteiger partial charge in [-0.1, -0.05) is 11.8 Å². The number of thioether (sulfide) groups is 1. The number of sulfonamides is 1. The van der Waals surface area contributed by atoms with Crippen molar-refractivity contribution in [2.24, 2.45) is 0 Å². The molecule has 31 heavy (non-hydrogen) atoms. The first kappa shape index (κ1) is 21.8. The topological polar surface area (TPSA) is 87.7 Å². The number of ketones is 1. The van der Waals surface area contributed by atoms with Crippen molar-refractivity contribution in [1.82, 2.24) is 9.88 Å². The van der Waals surface area contributed by atoms with E-state index in [4.69, 9.17) is 0 Å². The van der Waals surface area contributed by atoms with Crippen LogP contribution in [0.5, 0.6) is 0 Å². The van der Waals surface area contributed by atoms with Gasteiger partial charge in [0.25, 0.3) is 5.91 Å². The van der Waals surface area contributed by atoms with Crippen LogP contribution in [0.2, 0.25) is 0 Å². The van der Waals surface area contributed by atoms with E-state index in [1.165, 1.54) is 22.3 Å². The lowest BCUT2D eigenvalue weighted by Gasteiger charge is -2.29.